The van der Waals surface area contributed by atoms with E-state index in [1.807, 2.05) is 13.1 Å². The molecule has 0 spiro atoms. The summed E-state index contributed by atoms with van der Waals surface area (Å²) in [6.07, 6.45) is 8.60. The first kappa shape index (κ1) is 31.6. The fraction of sp³-hybridized carbons (Fsp3) is 0.543. The van der Waals surface area contributed by atoms with Crippen molar-refractivity contribution < 1.29 is 4.74 Å². The summed E-state index contributed by atoms with van der Waals surface area (Å²) < 4.78 is 6.03. The first-order valence-electron chi connectivity index (χ1n) is 15.6. The fourth-order valence-corrected chi connectivity index (χ4v) is 5.46. The Morgan fingerprint density at radius 3 is 2.55 bits per heavy atom. The lowest BCUT2D eigenvalue weighted by Crippen LogP contribution is -2.26. The highest BCUT2D eigenvalue weighted by Crippen LogP contribution is 2.35. The van der Waals surface area contributed by atoms with E-state index in [-0.39, 0.29) is 0 Å². The van der Waals surface area contributed by atoms with Crippen molar-refractivity contribution in [3.05, 3.63) is 64.6 Å². The van der Waals surface area contributed by atoms with Crippen LogP contribution in [0.2, 0.25) is 0 Å². The number of nitrogens with one attached hydrogen (secondary N) is 1. The summed E-state index contributed by atoms with van der Waals surface area (Å²) >= 11 is 0. The number of benzene rings is 1. The number of aromatic amines is 1. The lowest BCUT2D eigenvalue weighted by Gasteiger charge is -2.31. The minimum Gasteiger partial charge on any atom is -0.493 e. The Kier molecular flexibility index (Phi) is 10.4. The maximum Gasteiger partial charge on any atom is 0.177 e. The molecule has 3 aromatic heterocycles. The van der Waals surface area contributed by atoms with Crippen LogP contribution in [-0.4, -0.2) is 50.5 Å². The summed E-state index contributed by atoms with van der Waals surface area (Å²) in [5, 5.41) is 0. The van der Waals surface area contributed by atoms with Crippen molar-refractivity contribution in [2.75, 3.05) is 20.7 Å². The highest BCUT2D eigenvalue weighted by molar-refractivity contribution is 5.78. The van der Waals surface area contributed by atoms with Crippen molar-refractivity contribution in [1.82, 2.24) is 29.8 Å². The fourth-order valence-electron chi connectivity index (χ4n) is 5.46. The largest absolute Gasteiger partial charge is 0.493 e. The molecule has 4 aromatic rings. The number of imidazole rings is 1. The monoisotopic (exact) mass is 570 g/mol. The van der Waals surface area contributed by atoms with E-state index in [2.05, 4.69) is 105 Å². The van der Waals surface area contributed by atoms with Gasteiger partial charge in [0.15, 0.2) is 5.65 Å². The van der Waals surface area contributed by atoms with Gasteiger partial charge in [0.25, 0.3) is 0 Å². The van der Waals surface area contributed by atoms with Gasteiger partial charge in [-0.05, 0) is 106 Å². The normalized spacial score (nSPS) is 14.8. The second-order valence-corrected chi connectivity index (χ2v) is 13.0. The summed E-state index contributed by atoms with van der Waals surface area (Å²) in [6.45, 7) is 17.0. The predicted octanol–water partition coefficient (Wildman–Crippen LogP) is 7.67. The molecule has 0 radical (unpaired) electrons. The van der Waals surface area contributed by atoms with Crippen LogP contribution in [0, 0.1) is 25.2 Å². The maximum absolute atomic E-state index is 6.03. The number of ether oxygens (including phenoxy) is 1. The molecule has 1 atom stereocenters. The van der Waals surface area contributed by atoms with Crippen molar-refractivity contribution in [3.63, 3.8) is 0 Å². The van der Waals surface area contributed by atoms with Crippen LogP contribution in [-0.2, 0) is 25.8 Å². The molecule has 1 aromatic carbocycles. The van der Waals surface area contributed by atoms with Gasteiger partial charge in [0.1, 0.15) is 17.4 Å². The molecule has 0 bridgehead atoms. The quantitative estimate of drug-likeness (QED) is 0.222. The number of hydrogen-bond acceptors (Lipinski definition) is 6. The summed E-state index contributed by atoms with van der Waals surface area (Å²) in [7, 11) is 4.11. The molecule has 0 saturated heterocycles. The summed E-state index contributed by atoms with van der Waals surface area (Å²) in [6, 6.07) is 8.53. The highest BCUT2D eigenvalue weighted by Gasteiger charge is 2.28. The zero-order chi connectivity index (χ0) is 30.4. The van der Waals surface area contributed by atoms with Crippen LogP contribution in [0.1, 0.15) is 88.0 Å². The molecule has 42 heavy (non-hydrogen) atoms. The maximum atomic E-state index is 6.03. The molecule has 7 nitrogen and oxygen atoms in total. The minimum atomic E-state index is 0.407. The topological polar surface area (TPSA) is 79.8 Å². The molecule has 0 saturated carbocycles. The first-order chi connectivity index (χ1) is 20.0. The third-order valence-corrected chi connectivity index (χ3v) is 8.29. The number of aromatic nitrogens is 5. The smallest absolute Gasteiger partial charge is 0.177 e. The molecule has 0 aliphatic heterocycles. The molecule has 1 aliphatic rings. The minimum absolute atomic E-state index is 0.407. The van der Waals surface area contributed by atoms with Crippen molar-refractivity contribution in [2.24, 2.45) is 11.3 Å². The van der Waals surface area contributed by atoms with Crippen molar-refractivity contribution >= 4 is 11.2 Å². The summed E-state index contributed by atoms with van der Waals surface area (Å²) in [5.41, 5.74) is 9.50. The number of rotatable bonds is 9. The molecule has 7 heteroatoms. The number of hydrogen-bond donors (Lipinski definition) is 1. The van der Waals surface area contributed by atoms with Crippen molar-refractivity contribution in [3.8, 4) is 16.9 Å². The number of pyridine rings is 1. The zero-order valence-electron chi connectivity index (χ0n) is 27.3. The molecule has 5 rings (SSSR count). The van der Waals surface area contributed by atoms with Crippen LogP contribution < -0.4 is 4.74 Å². The van der Waals surface area contributed by atoms with Gasteiger partial charge in [0, 0.05) is 23.1 Å². The Labute approximate surface area is 252 Å². The van der Waals surface area contributed by atoms with Gasteiger partial charge >= 0.3 is 0 Å². The predicted molar refractivity (Wildman–Crippen MR) is 173 cm³/mol. The molecule has 3 heterocycles. The van der Waals surface area contributed by atoms with Crippen LogP contribution >= 0.6 is 0 Å². The second-order valence-electron chi connectivity index (χ2n) is 13.0. The van der Waals surface area contributed by atoms with Crippen LogP contribution in [0.3, 0.4) is 0 Å². The average Bonchev–Trinajstić information content (AvgIpc) is 3.32. The number of nitrogens with zero attached hydrogens (tertiary/aromatic N) is 5. The van der Waals surface area contributed by atoms with Crippen LogP contribution in [0.25, 0.3) is 22.3 Å². The van der Waals surface area contributed by atoms with Crippen LogP contribution in [0.15, 0.2) is 30.5 Å². The van der Waals surface area contributed by atoms with Crippen LogP contribution in [0.5, 0.6) is 5.75 Å². The molecule has 226 valence electrons. The average molecular weight is 571 g/mol. The van der Waals surface area contributed by atoms with E-state index in [1.54, 1.807) is 0 Å². The Bertz CT molecular complexity index is 1490. The van der Waals surface area contributed by atoms with Gasteiger partial charge in [-0.3, -0.25) is 0 Å². The molecule has 0 fully saturated rings. The third-order valence-electron chi connectivity index (χ3n) is 8.29. The molecule has 1 aliphatic carbocycles. The van der Waals surface area contributed by atoms with Crippen molar-refractivity contribution in [1.29, 1.82) is 0 Å². The van der Waals surface area contributed by atoms with Gasteiger partial charge in [-0.2, -0.15) is 0 Å². The lowest BCUT2D eigenvalue weighted by molar-refractivity contribution is 0.279. The molecule has 0 amide bonds. The standard InChI is InChI=1S/C21H27N3O.C14H23N3/c1-5-14(3)9-10-25-20-8-7-17(11-16(20)6-2)18-12-19-21(22-13-18)24-15(4)23-19;1-10-11-8-14(2,3)7-6-12(11)16-13(15-10)9-17(4)5/h7-8,11-14H,5-6,9-10H2,1-4H3,(H,22,23,24);6-9H2,1-5H3. The number of aryl methyl sites for hydroxylation is 4. The molecule has 1 N–H and O–H groups in total. The Morgan fingerprint density at radius 2 is 1.83 bits per heavy atom. The zero-order valence-corrected chi connectivity index (χ0v) is 27.3. The van der Waals surface area contributed by atoms with Crippen molar-refractivity contribution in [2.45, 2.75) is 93.5 Å². The molecular weight excluding hydrogens is 520 g/mol. The lowest BCUT2D eigenvalue weighted by atomic mass is 9.75. The Morgan fingerprint density at radius 1 is 1.05 bits per heavy atom. The Hall–Kier alpha value is -3.32. The van der Waals surface area contributed by atoms with Gasteiger partial charge < -0.3 is 14.6 Å². The highest BCUT2D eigenvalue weighted by atomic mass is 16.5. The third kappa shape index (κ3) is 8.15. The van der Waals surface area contributed by atoms with Gasteiger partial charge in [-0.15, -0.1) is 0 Å². The number of H-pyrrole nitrogens is 1. The van der Waals surface area contributed by atoms with Gasteiger partial charge in [0.05, 0.1) is 18.7 Å². The van der Waals surface area contributed by atoms with E-state index in [9.17, 15) is 0 Å². The van der Waals surface area contributed by atoms with Gasteiger partial charge in [-0.1, -0.05) is 47.1 Å². The summed E-state index contributed by atoms with van der Waals surface area (Å²) in [5.74, 6) is 3.56. The van der Waals surface area contributed by atoms with Crippen LogP contribution in [0.4, 0.5) is 0 Å². The molecular formula is C35H50N6O. The van der Waals surface area contributed by atoms with Gasteiger partial charge in [-0.25, -0.2) is 19.9 Å². The Balaban J connectivity index is 0.000000208. The van der Waals surface area contributed by atoms with Gasteiger partial charge in [0.2, 0.25) is 0 Å². The van der Waals surface area contributed by atoms with E-state index in [0.717, 1.165) is 78.5 Å². The SMILES string of the molecule is CCc1cc(-c2cnc3nc(C)[nH]c3c2)ccc1OCCC(C)CC.Cc1nc(CN(C)C)nc2c1CC(C)(C)CC2. The summed E-state index contributed by atoms with van der Waals surface area (Å²) in [4.78, 5) is 23.6. The first-order valence-corrected chi connectivity index (χ1v) is 15.6. The van der Waals surface area contributed by atoms with E-state index < -0.39 is 0 Å². The van der Waals surface area contributed by atoms with E-state index >= 15 is 0 Å². The molecule has 1 unspecified atom stereocenters. The number of fused-ring (bicyclic) bond motifs is 2. The van der Waals surface area contributed by atoms with E-state index in [4.69, 9.17) is 9.72 Å². The van der Waals surface area contributed by atoms with E-state index in [0.29, 0.717) is 11.3 Å². The second kappa shape index (κ2) is 13.8. The van der Waals surface area contributed by atoms with E-state index in [1.165, 1.54) is 35.4 Å².